The largest absolute Gasteiger partial charge is 0.304 e. The van der Waals surface area contributed by atoms with Crippen molar-refractivity contribution in [3.05, 3.63) is 52.3 Å². The van der Waals surface area contributed by atoms with Gasteiger partial charge in [0.25, 0.3) is 0 Å². The van der Waals surface area contributed by atoms with E-state index >= 15 is 0 Å². The highest BCUT2D eigenvalue weighted by atomic mass is 79.9. The summed E-state index contributed by atoms with van der Waals surface area (Å²) in [6.45, 7) is 1.98. The lowest BCUT2D eigenvalue weighted by Crippen LogP contribution is -1.98. The second-order valence-corrected chi connectivity index (χ2v) is 4.10. The summed E-state index contributed by atoms with van der Waals surface area (Å²) in [5, 5.41) is 9.03. The molecule has 0 unspecified atom stereocenters. The van der Waals surface area contributed by atoms with Crippen molar-refractivity contribution >= 4 is 15.9 Å². The summed E-state index contributed by atoms with van der Waals surface area (Å²) in [7, 11) is 0. The summed E-state index contributed by atoms with van der Waals surface area (Å²) in [5.41, 5.74) is 2.69. The van der Waals surface area contributed by atoms with E-state index in [1.807, 2.05) is 47.9 Å². The minimum atomic E-state index is 0.644. The SMILES string of the molecule is Cc1c(Br)cc(C#N)n1-c1ccccc1. The average molecular weight is 261 g/mol. The lowest BCUT2D eigenvalue weighted by molar-refractivity contribution is 0.991. The van der Waals surface area contributed by atoms with Crippen LogP contribution in [0.25, 0.3) is 5.69 Å². The number of para-hydroxylation sites is 1. The summed E-state index contributed by atoms with van der Waals surface area (Å²) in [6, 6.07) is 13.9. The van der Waals surface area contributed by atoms with Crippen LogP contribution in [0.3, 0.4) is 0 Å². The van der Waals surface area contributed by atoms with Gasteiger partial charge in [-0.1, -0.05) is 18.2 Å². The molecule has 3 heteroatoms. The Kier molecular flexibility index (Phi) is 2.61. The van der Waals surface area contributed by atoms with Gasteiger partial charge in [0.15, 0.2) is 0 Å². The third-order valence-electron chi connectivity index (χ3n) is 2.31. The zero-order valence-electron chi connectivity index (χ0n) is 8.24. The molecule has 1 heterocycles. The molecule has 1 aromatic carbocycles. The molecule has 2 aromatic rings. The standard InChI is InChI=1S/C12H9BrN2/c1-9-12(13)7-11(8-14)15(9)10-5-3-2-4-6-10/h2-7H,1H3. The van der Waals surface area contributed by atoms with Gasteiger partial charge in [0.2, 0.25) is 0 Å². The number of rotatable bonds is 1. The van der Waals surface area contributed by atoms with E-state index < -0.39 is 0 Å². The second kappa shape index (κ2) is 3.92. The van der Waals surface area contributed by atoms with Crippen molar-refractivity contribution in [2.75, 3.05) is 0 Å². The fraction of sp³-hybridized carbons (Fsp3) is 0.0833. The highest BCUT2D eigenvalue weighted by Crippen LogP contribution is 2.24. The quantitative estimate of drug-likeness (QED) is 0.773. The van der Waals surface area contributed by atoms with Crippen LogP contribution in [0.5, 0.6) is 0 Å². The first-order valence-corrected chi connectivity index (χ1v) is 5.36. The lowest BCUT2D eigenvalue weighted by atomic mass is 10.3. The van der Waals surface area contributed by atoms with Crippen LogP contribution in [0.15, 0.2) is 40.9 Å². The molecule has 0 aliphatic rings. The molecule has 0 saturated carbocycles. The summed E-state index contributed by atoms with van der Waals surface area (Å²) in [4.78, 5) is 0. The number of hydrogen-bond acceptors (Lipinski definition) is 1. The maximum absolute atomic E-state index is 9.03. The number of nitrogens with zero attached hydrogens (tertiary/aromatic N) is 2. The van der Waals surface area contributed by atoms with Gasteiger partial charge in [0, 0.05) is 15.9 Å². The maximum atomic E-state index is 9.03. The topological polar surface area (TPSA) is 28.7 Å². The van der Waals surface area contributed by atoms with Crippen molar-refractivity contribution in [3.8, 4) is 11.8 Å². The molecule has 0 aliphatic carbocycles. The Bertz CT molecular complexity index is 521. The first-order valence-electron chi connectivity index (χ1n) is 4.57. The van der Waals surface area contributed by atoms with Crippen LogP contribution >= 0.6 is 15.9 Å². The van der Waals surface area contributed by atoms with E-state index in [1.165, 1.54) is 0 Å². The summed E-state index contributed by atoms with van der Waals surface area (Å²) in [6.07, 6.45) is 0. The Morgan fingerprint density at radius 1 is 1.27 bits per heavy atom. The highest BCUT2D eigenvalue weighted by Gasteiger charge is 2.10. The number of benzene rings is 1. The molecule has 0 aliphatic heterocycles. The van der Waals surface area contributed by atoms with Gasteiger partial charge >= 0.3 is 0 Å². The Morgan fingerprint density at radius 3 is 2.53 bits per heavy atom. The first-order chi connectivity index (χ1) is 7.24. The Hall–Kier alpha value is -1.53. The van der Waals surface area contributed by atoms with E-state index in [2.05, 4.69) is 22.0 Å². The third-order valence-corrected chi connectivity index (χ3v) is 3.12. The van der Waals surface area contributed by atoms with Gasteiger partial charge in [0.05, 0.1) is 0 Å². The monoisotopic (exact) mass is 260 g/mol. The van der Waals surface area contributed by atoms with Crippen LogP contribution in [0.2, 0.25) is 0 Å². The minimum absolute atomic E-state index is 0.644. The zero-order chi connectivity index (χ0) is 10.8. The van der Waals surface area contributed by atoms with E-state index in [0.717, 1.165) is 15.9 Å². The Morgan fingerprint density at radius 2 is 1.93 bits per heavy atom. The molecular weight excluding hydrogens is 252 g/mol. The van der Waals surface area contributed by atoms with Gasteiger partial charge in [0.1, 0.15) is 11.8 Å². The summed E-state index contributed by atoms with van der Waals surface area (Å²) in [5.74, 6) is 0. The van der Waals surface area contributed by atoms with E-state index in [-0.39, 0.29) is 0 Å². The van der Waals surface area contributed by atoms with Crippen LogP contribution in [-0.2, 0) is 0 Å². The van der Waals surface area contributed by atoms with Crippen molar-refractivity contribution in [1.82, 2.24) is 4.57 Å². The van der Waals surface area contributed by atoms with Gasteiger partial charge in [-0.15, -0.1) is 0 Å². The Labute approximate surface area is 96.9 Å². The van der Waals surface area contributed by atoms with E-state index in [0.29, 0.717) is 5.69 Å². The number of halogens is 1. The van der Waals surface area contributed by atoms with Gasteiger partial charge in [-0.05, 0) is 41.1 Å². The second-order valence-electron chi connectivity index (χ2n) is 3.25. The molecule has 0 fully saturated rings. The highest BCUT2D eigenvalue weighted by molar-refractivity contribution is 9.10. The molecule has 0 bridgehead atoms. The van der Waals surface area contributed by atoms with Crippen molar-refractivity contribution in [1.29, 1.82) is 5.26 Å². The molecule has 1 aromatic heterocycles. The van der Waals surface area contributed by atoms with Crippen molar-refractivity contribution < 1.29 is 0 Å². The molecule has 0 saturated heterocycles. The summed E-state index contributed by atoms with van der Waals surface area (Å²) < 4.78 is 2.90. The normalized spacial score (nSPS) is 9.93. The fourth-order valence-corrected chi connectivity index (χ4v) is 1.96. The summed E-state index contributed by atoms with van der Waals surface area (Å²) >= 11 is 3.43. The molecule has 74 valence electrons. The molecule has 0 radical (unpaired) electrons. The Balaban J connectivity index is 2.68. The smallest absolute Gasteiger partial charge is 0.126 e. The van der Waals surface area contributed by atoms with E-state index in [1.54, 1.807) is 0 Å². The van der Waals surface area contributed by atoms with Gasteiger partial charge in [-0.3, -0.25) is 0 Å². The number of aromatic nitrogens is 1. The molecule has 0 atom stereocenters. The van der Waals surface area contributed by atoms with Crippen LogP contribution in [-0.4, -0.2) is 4.57 Å². The third kappa shape index (κ3) is 1.69. The van der Waals surface area contributed by atoms with Crippen molar-refractivity contribution in [3.63, 3.8) is 0 Å². The molecule has 15 heavy (non-hydrogen) atoms. The van der Waals surface area contributed by atoms with Gasteiger partial charge in [-0.25, -0.2) is 0 Å². The predicted octanol–water partition coefficient (Wildman–Crippen LogP) is 3.42. The van der Waals surface area contributed by atoms with Crippen molar-refractivity contribution in [2.45, 2.75) is 6.92 Å². The lowest BCUT2D eigenvalue weighted by Gasteiger charge is -2.07. The fourth-order valence-electron chi connectivity index (χ4n) is 1.57. The molecule has 2 rings (SSSR count). The molecular formula is C12H9BrN2. The van der Waals surface area contributed by atoms with E-state index in [9.17, 15) is 0 Å². The van der Waals surface area contributed by atoms with E-state index in [4.69, 9.17) is 5.26 Å². The predicted molar refractivity (Wildman–Crippen MR) is 62.9 cm³/mol. The van der Waals surface area contributed by atoms with Crippen LogP contribution in [0, 0.1) is 18.3 Å². The van der Waals surface area contributed by atoms with Gasteiger partial charge in [-0.2, -0.15) is 5.26 Å². The molecule has 0 N–H and O–H groups in total. The van der Waals surface area contributed by atoms with Crippen LogP contribution in [0.4, 0.5) is 0 Å². The minimum Gasteiger partial charge on any atom is -0.304 e. The van der Waals surface area contributed by atoms with Gasteiger partial charge < -0.3 is 4.57 Å². The van der Waals surface area contributed by atoms with Crippen molar-refractivity contribution in [2.24, 2.45) is 0 Å². The zero-order valence-corrected chi connectivity index (χ0v) is 9.82. The van der Waals surface area contributed by atoms with Crippen LogP contribution < -0.4 is 0 Å². The molecule has 2 nitrogen and oxygen atoms in total. The number of nitriles is 1. The first kappa shape index (κ1) is 10.0. The van der Waals surface area contributed by atoms with Crippen LogP contribution in [0.1, 0.15) is 11.4 Å². The molecule has 0 amide bonds. The molecule has 0 spiro atoms. The average Bonchev–Trinajstić information content (AvgIpc) is 2.56. The number of hydrogen-bond donors (Lipinski definition) is 0. The maximum Gasteiger partial charge on any atom is 0.126 e.